The topological polar surface area (TPSA) is 347 Å². The molecule has 9 N–H and O–H groups in total. The largest absolute Gasteiger partial charge is 0.726 e. The van der Waals surface area contributed by atoms with Crippen molar-refractivity contribution in [3.05, 3.63) is 0 Å². The molecule has 3 aliphatic rings. The Bertz CT molecular complexity index is 1220. The van der Waals surface area contributed by atoms with Gasteiger partial charge in [-0.25, -0.2) is 16.8 Å². The molecule has 1 heterocycles. The summed E-state index contributed by atoms with van der Waals surface area (Å²) in [4.78, 5) is 0. The van der Waals surface area contributed by atoms with Crippen LogP contribution in [-0.2, 0) is 56.2 Å². The van der Waals surface area contributed by atoms with Crippen LogP contribution in [0.5, 0.6) is 0 Å². The number of ether oxygens (including phenoxy) is 1. The third-order valence-electron chi connectivity index (χ3n) is 8.92. The minimum absolute atomic E-state index is 0.0149. The molecule has 0 aromatic rings. The monoisotopic (exact) mass is 893 g/mol. The van der Waals surface area contributed by atoms with E-state index in [0.29, 0.717) is 0 Å². The van der Waals surface area contributed by atoms with E-state index in [1.165, 1.54) is 0 Å². The molecule has 0 spiro atoms. The summed E-state index contributed by atoms with van der Waals surface area (Å²) in [5.74, 6) is -1.43. The maximum atomic E-state index is 11.4. The number of hydrogen-bond acceptors (Lipinski definition) is 22. The van der Waals surface area contributed by atoms with Gasteiger partial charge >= 0.3 is 10.4 Å². The van der Waals surface area contributed by atoms with Crippen LogP contribution < -0.4 is 0 Å². The maximum absolute atomic E-state index is 11.4. The predicted octanol–water partition coefficient (Wildman–Crippen LogP) is -4.61. The number of rotatable bonds is 18. The second-order valence-corrected chi connectivity index (χ2v) is 15.6. The Balaban J connectivity index is 0.000000429. The molecule has 0 bridgehead atoms. The summed E-state index contributed by atoms with van der Waals surface area (Å²) in [6, 6.07) is 0. The van der Waals surface area contributed by atoms with Gasteiger partial charge in [0, 0.05) is 70.0 Å². The van der Waals surface area contributed by atoms with Crippen molar-refractivity contribution in [3.63, 3.8) is 0 Å². The van der Waals surface area contributed by atoms with Crippen LogP contribution in [-0.4, -0.2) is 181 Å². The molecular formula is C25H53O22P4S2-. The summed E-state index contributed by atoms with van der Waals surface area (Å²) in [6.45, 7) is -1.44. The zero-order chi connectivity index (χ0) is 40.7. The Morgan fingerprint density at radius 3 is 1.98 bits per heavy atom. The van der Waals surface area contributed by atoms with Crippen LogP contribution in [0.2, 0.25) is 0 Å². The van der Waals surface area contributed by atoms with E-state index in [-0.39, 0.29) is 44.7 Å². The van der Waals surface area contributed by atoms with Crippen molar-refractivity contribution in [1.29, 1.82) is 0 Å². The van der Waals surface area contributed by atoms with Crippen molar-refractivity contribution in [3.8, 4) is 0 Å². The van der Waals surface area contributed by atoms with Gasteiger partial charge in [0.1, 0.15) is 42.7 Å². The number of aliphatic hydroxyl groups is 9. The van der Waals surface area contributed by atoms with Gasteiger partial charge in [0.25, 0.3) is 0 Å². The molecule has 0 aromatic carbocycles. The highest BCUT2D eigenvalue weighted by Crippen LogP contribution is 2.36. The molecular weight excluding hydrogens is 840 g/mol. The molecule has 2 saturated carbocycles. The van der Waals surface area contributed by atoms with Crippen molar-refractivity contribution in [1.82, 2.24) is 0 Å². The Kier molecular flexibility index (Phi) is 24.9. The average molecular weight is 894 g/mol. The highest BCUT2D eigenvalue weighted by atomic mass is 32.3. The minimum Gasteiger partial charge on any atom is -0.726 e. The summed E-state index contributed by atoms with van der Waals surface area (Å²) in [7, 11) is 0.388. The lowest BCUT2D eigenvalue weighted by molar-refractivity contribution is -0.111. The van der Waals surface area contributed by atoms with E-state index < -0.39 is 113 Å². The molecule has 0 radical (unpaired) electrons. The highest BCUT2D eigenvalue weighted by molar-refractivity contribution is 7.82. The van der Waals surface area contributed by atoms with Crippen LogP contribution in [0, 0.1) is 17.8 Å². The lowest BCUT2D eigenvalue weighted by Crippen LogP contribution is -2.53. The lowest BCUT2D eigenvalue weighted by Gasteiger charge is -2.36. The minimum atomic E-state index is -5.34. The van der Waals surface area contributed by atoms with Crippen LogP contribution >= 0.6 is 37.9 Å². The number of methoxy groups -OCH3 is 1. The molecule has 3 rings (SSSR count). The Hall–Kier alpha value is 0.900. The average Bonchev–Trinajstić information content (AvgIpc) is 3.61. The van der Waals surface area contributed by atoms with Crippen LogP contribution in [0.15, 0.2) is 0 Å². The SMILES string of the molecule is CO[C@@H]1CC[C@H](CO)[C@H]1O.O=S(=O)([O-])O[C@@H]([C@H](O)[C@H](O)CO)[C@H](O)CC1C[C@@H](O)[C@H](O)[C@H]1CO.O=S1(=O)OC[C@@H](OP)[C@H]([C@H](OP)[C@@H](COP)OP)O1. The van der Waals surface area contributed by atoms with Gasteiger partial charge in [-0.3, -0.25) is 4.18 Å². The van der Waals surface area contributed by atoms with Gasteiger partial charge < -0.3 is 73.3 Å². The Labute approximate surface area is 317 Å². The molecule has 0 amide bonds. The Morgan fingerprint density at radius 1 is 0.906 bits per heavy atom. The van der Waals surface area contributed by atoms with E-state index >= 15 is 0 Å². The van der Waals surface area contributed by atoms with E-state index in [1.54, 1.807) is 7.11 Å². The molecule has 22 nitrogen and oxygen atoms in total. The van der Waals surface area contributed by atoms with E-state index in [1.807, 2.05) is 18.9 Å². The normalized spacial score (nSPS) is 33.4. The summed E-state index contributed by atoms with van der Waals surface area (Å²) in [5, 5.41) is 84.7. The van der Waals surface area contributed by atoms with E-state index in [9.17, 15) is 57.1 Å². The molecule has 0 aromatic heterocycles. The summed E-state index contributed by atoms with van der Waals surface area (Å²) in [5.41, 5.74) is 0. The standard InChI is InChI=1S/C12H24O11S.C7H14O3.C6H16O8P4S/c13-3-6-5(1-7(15)10(6)18)2-8(16)12(23-24(20,21)22)11(19)9(17)4-14;1-10-6-3-2-5(4-8)7(6)9;7-19(8)10-2-4(12-17)6(14-19)5(13-18)3(11-16)1-9-15/h5-19H,1-4H2,(H,20,21,22);5-9H,2-4H2,1H3;3-6H,1-2,15-18H2/p-1/t5?,6-,7+,8+,9+,10+,11+,12+;5-,6-,7-;3-,4-,5-,6-/m011/s1. The van der Waals surface area contributed by atoms with Gasteiger partial charge in [-0.2, -0.15) is 8.42 Å². The molecule has 318 valence electrons. The first-order chi connectivity index (χ1) is 24.8. The third-order valence-corrected chi connectivity index (χ3v) is 11.5. The summed E-state index contributed by atoms with van der Waals surface area (Å²) >= 11 is 0. The molecule has 3 fully saturated rings. The van der Waals surface area contributed by atoms with E-state index in [2.05, 4.69) is 27.3 Å². The van der Waals surface area contributed by atoms with E-state index in [4.69, 9.17) is 37.2 Å². The molecule has 19 atom stereocenters. The zero-order valence-corrected chi connectivity index (χ0v) is 34.7. The quantitative estimate of drug-likeness (QED) is 0.0355. The first kappa shape index (κ1) is 51.9. The zero-order valence-electron chi connectivity index (χ0n) is 28.5. The molecule has 1 aliphatic heterocycles. The molecule has 5 unspecified atom stereocenters. The Morgan fingerprint density at radius 2 is 1.55 bits per heavy atom. The van der Waals surface area contributed by atoms with Crippen LogP contribution in [0.1, 0.15) is 25.7 Å². The van der Waals surface area contributed by atoms with Crippen molar-refractivity contribution >= 4 is 58.7 Å². The highest BCUT2D eigenvalue weighted by Gasteiger charge is 2.46. The van der Waals surface area contributed by atoms with Gasteiger partial charge in [0.05, 0.1) is 50.3 Å². The number of aliphatic hydroxyl groups excluding tert-OH is 9. The van der Waals surface area contributed by atoms with Gasteiger partial charge in [-0.1, -0.05) is 0 Å². The van der Waals surface area contributed by atoms with Gasteiger partial charge in [0.2, 0.25) is 10.4 Å². The maximum Gasteiger partial charge on any atom is 0.400 e. The third kappa shape index (κ3) is 16.6. The fourth-order valence-electron chi connectivity index (χ4n) is 5.99. The lowest BCUT2D eigenvalue weighted by atomic mass is 9.87. The van der Waals surface area contributed by atoms with Crippen molar-refractivity contribution in [2.75, 3.05) is 40.1 Å². The summed E-state index contributed by atoms with van der Waals surface area (Å²) in [6.07, 6.45) is -12.3. The van der Waals surface area contributed by atoms with Gasteiger partial charge in [-0.05, 0) is 31.6 Å². The molecule has 2 aliphatic carbocycles. The second kappa shape index (κ2) is 25.4. The van der Waals surface area contributed by atoms with E-state index in [0.717, 1.165) is 12.8 Å². The van der Waals surface area contributed by atoms with Gasteiger partial charge in [-0.15, -0.1) is 0 Å². The predicted molar refractivity (Wildman–Crippen MR) is 191 cm³/mol. The van der Waals surface area contributed by atoms with Crippen molar-refractivity contribution in [2.45, 2.75) is 98.9 Å². The second-order valence-electron chi connectivity index (χ2n) is 12.2. The van der Waals surface area contributed by atoms with Crippen LogP contribution in [0.3, 0.4) is 0 Å². The first-order valence-electron chi connectivity index (χ1n) is 15.8. The molecule has 53 heavy (non-hydrogen) atoms. The summed E-state index contributed by atoms with van der Waals surface area (Å²) < 4.78 is 93.7. The van der Waals surface area contributed by atoms with Crippen molar-refractivity contribution < 1.29 is 103 Å². The molecule has 1 saturated heterocycles. The fourth-order valence-corrected chi connectivity index (χ4v) is 8.35. The van der Waals surface area contributed by atoms with Crippen LogP contribution in [0.25, 0.3) is 0 Å². The smallest absolute Gasteiger partial charge is 0.400 e. The fraction of sp³-hybridized carbons (Fsp3) is 1.00. The van der Waals surface area contributed by atoms with Gasteiger partial charge in [0.15, 0.2) is 0 Å². The van der Waals surface area contributed by atoms with Crippen molar-refractivity contribution in [2.24, 2.45) is 17.8 Å². The first-order valence-corrected chi connectivity index (χ1v) is 20.4. The van der Waals surface area contributed by atoms with Crippen LogP contribution in [0.4, 0.5) is 0 Å². The number of hydrogen-bond donors (Lipinski definition) is 9. The molecule has 28 heteroatoms.